The molecular formula is C8H12O3. The number of hydrogen-bond donors (Lipinski definition) is 0. The summed E-state index contributed by atoms with van der Waals surface area (Å²) in [5.41, 5.74) is 0. The molecule has 3 saturated heterocycles. The van der Waals surface area contributed by atoms with Crippen molar-refractivity contribution in [1.82, 2.24) is 0 Å². The zero-order valence-corrected chi connectivity index (χ0v) is 6.36. The molecule has 3 rings (SSSR count). The van der Waals surface area contributed by atoms with Gasteiger partial charge in [-0.05, 0) is 12.8 Å². The number of epoxide rings is 2. The summed E-state index contributed by atoms with van der Waals surface area (Å²) in [7, 11) is 0. The van der Waals surface area contributed by atoms with Crippen molar-refractivity contribution in [1.29, 1.82) is 0 Å². The Morgan fingerprint density at radius 2 is 1.18 bits per heavy atom. The maximum atomic E-state index is 5.76. The topological polar surface area (TPSA) is 34.3 Å². The predicted molar refractivity (Wildman–Crippen MR) is 37.4 cm³/mol. The second kappa shape index (κ2) is 2.19. The van der Waals surface area contributed by atoms with Crippen LogP contribution in [0.3, 0.4) is 0 Å². The molecule has 0 amide bonds. The van der Waals surface area contributed by atoms with Crippen molar-refractivity contribution in [2.45, 2.75) is 37.3 Å². The highest BCUT2D eigenvalue weighted by molar-refractivity contribution is 4.91. The molecule has 3 aliphatic heterocycles. The lowest BCUT2D eigenvalue weighted by Gasteiger charge is -2.08. The standard InChI is InChI=1S/C8H12O3/c1-2-6(8-4-10-8)11-5(1)7-3-9-7/h5-8H,1-4H2. The van der Waals surface area contributed by atoms with E-state index in [1.165, 1.54) is 0 Å². The van der Waals surface area contributed by atoms with Crippen LogP contribution >= 0.6 is 0 Å². The molecule has 3 nitrogen and oxygen atoms in total. The van der Waals surface area contributed by atoms with Crippen molar-refractivity contribution in [3.05, 3.63) is 0 Å². The first-order valence-electron chi connectivity index (χ1n) is 4.32. The van der Waals surface area contributed by atoms with E-state index in [2.05, 4.69) is 0 Å². The van der Waals surface area contributed by atoms with E-state index in [-0.39, 0.29) is 0 Å². The molecule has 0 aromatic heterocycles. The molecule has 4 unspecified atom stereocenters. The molecule has 0 saturated carbocycles. The van der Waals surface area contributed by atoms with E-state index in [9.17, 15) is 0 Å². The first-order chi connectivity index (χ1) is 5.43. The van der Waals surface area contributed by atoms with Crippen molar-refractivity contribution in [3.63, 3.8) is 0 Å². The third-order valence-corrected chi connectivity index (χ3v) is 2.63. The SMILES string of the molecule is C1OC1C1CCC(C2CO2)O1. The van der Waals surface area contributed by atoms with Gasteiger partial charge < -0.3 is 14.2 Å². The van der Waals surface area contributed by atoms with Gasteiger partial charge >= 0.3 is 0 Å². The van der Waals surface area contributed by atoms with E-state index in [0.717, 1.165) is 26.1 Å². The Kier molecular flexibility index (Phi) is 1.27. The largest absolute Gasteiger partial charge is 0.370 e. The lowest BCUT2D eigenvalue weighted by molar-refractivity contribution is 0.0152. The van der Waals surface area contributed by atoms with Crippen molar-refractivity contribution >= 4 is 0 Å². The zero-order chi connectivity index (χ0) is 7.26. The fraction of sp³-hybridized carbons (Fsp3) is 1.00. The first kappa shape index (κ1) is 6.40. The summed E-state index contributed by atoms with van der Waals surface area (Å²) >= 11 is 0. The van der Waals surface area contributed by atoms with Gasteiger partial charge in [0.25, 0.3) is 0 Å². The van der Waals surface area contributed by atoms with Crippen LogP contribution in [0, 0.1) is 0 Å². The summed E-state index contributed by atoms with van der Waals surface area (Å²) < 4.78 is 16.1. The number of ether oxygens (including phenoxy) is 3. The summed E-state index contributed by atoms with van der Waals surface area (Å²) in [5.74, 6) is 0. The Bertz CT molecular complexity index is 145. The van der Waals surface area contributed by atoms with Gasteiger partial charge in [-0.2, -0.15) is 0 Å². The molecular weight excluding hydrogens is 144 g/mol. The summed E-state index contributed by atoms with van der Waals surface area (Å²) in [6, 6.07) is 0. The van der Waals surface area contributed by atoms with Crippen molar-refractivity contribution in [2.24, 2.45) is 0 Å². The van der Waals surface area contributed by atoms with Crippen LogP contribution < -0.4 is 0 Å². The third-order valence-electron chi connectivity index (χ3n) is 2.63. The molecule has 0 aliphatic carbocycles. The molecule has 11 heavy (non-hydrogen) atoms. The van der Waals surface area contributed by atoms with E-state index >= 15 is 0 Å². The Morgan fingerprint density at radius 1 is 0.727 bits per heavy atom. The molecule has 0 aromatic rings. The molecule has 0 radical (unpaired) electrons. The van der Waals surface area contributed by atoms with Crippen LogP contribution in [0.25, 0.3) is 0 Å². The van der Waals surface area contributed by atoms with Gasteiger partial charge in [-0.1, -0.05) is 0 Å². The molecule has 0 aromatic carbocycles. The molecule has 0 N–H and O–H groups in total. The molecule has 62 valence electrons. The van der Waals surface area contributed by atoms with Crippen LogP contribution in [0.5, 0.6) is 0 Å². The Hall–Kier alpha value is -0.120. The summed E-state index contributed by atoms with van der Waals surface area (Å²) in [4.78, 5) is 0. The zero-order valence-electron chi connectivity index (χ0n) is 6.36. The van der Waals surface area contributed by atoms with Crippen LogP contribution in [0.1, 0.15) is 12.8 Å². The molecule has 4 atom stereocenters. The van der Waals surface area contributed by atoms with E-state index in [1.54, 1.807) is 0 Å². The number of rotatable bonds is 2. The van der Waals surface area contributed by atoms with Crippen molar-refractivity contribution in [2.75, 3.05) is 13.2 Å². The molecule has 3 aliphatic rings. The Labute approximate surface area is 65.6 Å². The van der Waals surface area contributed by atoms with Crippen molar-refractivity contribution in [3.8, 4) is 0 Å². The number of hydrogen-bond acceptors (Lipinski definition) is 3. The minimum atomic E-state index is 0.379. The molecule has 3 heterocycles. The third kappa shape index (κ3) is 1.17. The van der Waals surface area contributed by atoms with Gasteiger partial charge in [0.05, 0.1) is 25.4 Å². The summed E-state index contributed by atoms with van der Waals surface area (Å²) in [6.07, 6.45) is 3.91. The van der Waals surface area contributed by atoms with Gasteiger partial charge in [-0.15, -0.1) is 0 Å². The lowest BCUT2D eigenvalue weighted by atomic mass is 10.1. The van der Waals surface area contributed by atoms with Gasteiger partial charge in [-0.25, -0.2) is 0 Å². The second-order valence-electron chi connectivity index (χ2n) is 3.53. The maximum absolute atomic E-state index is 5.76. The average molecular weight is 156 g/mol. The van der Waals surface area contributed by atoms with E-state index in [4.69, 9.17) is 14.2 Å². The van der Waals surface area contributed by atoms with Crippen LogP contribution in [-0.4, -0.2) is 37.6 Å². The maximum Gasteiger partial charge on any atom is 0.107 e. The van der Waals surface area contributed by atoms with Crippen LogP contribution in [0.15, 0.2) is 0 Å². The van der Waals surface area contributed by atoms with Gasteiger partial charge in [0, 0.05) is 0 Å². The quantitative estimate of drug-likeness (QED) is 0.540. The van der Waals surface area contributed by atoms with Crippen LogP contribution in [0.4, 0.5) is 0 Å². The van der Waals surface area contributed by atoms with Gasteiger partial charge in [0.15, 0.2) is 0 Å². The molecule has 0 spiro atoms. The highest BCUT2D eigenvalue weighted by Gasteiger charge is 2.44. The van der Waals surface area contributed by atoms with Crippen LogP contribution in [0.2, 0.25) is 0 Å². The monoisotopic (exact) mass is 156 g/mol. The summed E-state index contributed by atoms with van der Waals surface area (Å²) in [5, 5.41) is 0. The summed E-state index contributed by atoms with van der Waals surface area (Å²) in [6.45, 7) is 1.81. The fourth-order valence-corrected chi connectivity index (χ4v) is 1.78. The highest BCUT2D eigenvalue weighted by Crippen LogP contribution is 2.34. The molecule has 3 fully saturated rings. The van der Waals surface area contributed by atoms with E-state index in [1.807, 2.05) is 0 Å². The Balaban J connectivity index is 1.58. The minimum Gasteiger partial charge on any atom is -0.370 e. The van der Waals surface area contributed by atoms with Gasteiger partial charge in [0.2, 0.25) is 0 Å². The Morgan fingerprint density at radius 3 is 1.55 bits per heavy atom. The lowest BCUT2D eigenvalue weighted by Crippen LogP contribution is -2.19. The first-order valence-corrected chi connectivity index (χ1v) is 4.32. The smallest absolute Gasteiger partial charge is 0.107 e. The normalized spacial score (nSPS) is 54.5. The molecule has 3 heteroatoms. The predicted octanol–water partition coefficient (Wildman–Crippen LogP) is 0.332. The van der Waals surface area contributed by atoms with E-state index < -0.39 is 0 Å². The fourth-order valence-electron chi connectivity index (χ4n) is 1.78. The van der Waals surface area contributed by atoms with Crippen LogP contribution in [-0.2, 0) is 14.2 Å². The van der Waals surface area contributed by atoms with Gasteiger partial charge in [0.1, 0.15) is 12.2 Å². The van der Waals surface area contributed by atoms with Gasteiger partial charge in [-0.3, -0.25) is 0 Å². The average Bonchev–Trinajstić information content (AvgIpc) is 2.90. The second-order valence-corrected chi connectivity index (χ2v) is 3.53. The van der Waals surface area contributed by atoms with Crippen molar-refractivity contribution < 1.29 is 14.2 Å². The minimum absolute atomic E-state index is 0.379. The van der Waals surface area contributed by atoms with E-state index in [0.29, 0.717) is 24.4 Å². The highest BCUT2D eigenvalue weighted by atomic mass is 16.6. The molecule has 0 bridgehead atoms.